The lowest BCUT2D eigenvalue weighted by Crippen LogP contribution is -2.37. The highest BCUT2D eigenvalue weighted by Crippen LogP contribution is 2.16. The van der Waals surface area contributed by atoms with Crippen LogP contribution in [0.3, 0.4) is 0 Å². The van der Waals surface area contributed by atoms with E-state index < -0.39 is 5.54 Å². The third-order valence-electron chi connectivity index (χ3n) is 2.12. The fraction of sp³-hybridized carbons (Fsp3) is 0.417. The molecule has 0 spiro atoms. The SMILES string of the molecule is COCC(C)(C#N)Nc1cccc(C)c1. The Labute approximate surface area is 90.7 Å². The van der Waals surface area contributed by atoms with Gasteiger partial charge in [-0.2, -0.15) is 5.26 Å². The van der Waals surface area contributed by atoms with Crippen molar-refractivity contribution in [3.8, 4) is 6.07 Å². The van der Waals surface area contributed by atoms with Gasteiger partial charge in [-0.1, -0.05) is 12.1 Å². The molecule has 0 aliphatic heterocycles. The van der Waals surface area contributed by atoms with Crippen molar-refractivity contribution >= 4 is 5.69 Å². The van der Waals surface area contributed by atoms with E-state index in [1.54, 1.807) is 7.11 Å². The van der Waals surface area contributed by atoms with E-state index in [4.69, 9.17) is 10.00 Å². The van der Waals surface area contributed by atoms with Gasteiger partial charge in [0.05, 0.1) is 12.7 Å². The molecule has 15 heavy (non-hydrogen) atoms. The van der Waals surface area contributed by atoms with Crippen LogP contribution in [0.2, 0.25) is 0 Å². The topological polar surface area (TPSA) is 45.0 Å². The highest BCUT2D eigenvalue weighted by molar-refractivity contribution is 5.49. The summed E-state index contributed by atoms with van der Waals surface area (Å²) in [4.78, 5) is 0. The van der Waals surface area contributed by atoms with E-state index >= 15 is 0 Å². The zero-order valence-electron chi connectivity index (χ0n) is 9.37. The molecule has 3 heteroatoms. The third-order valence-corrected chi connectivity index (χ3v) is 2.12. The number of nitriles is 1. The summed E-state index contributed by atoms with van der Waals surface area (Å²) in [7, 11) is 1.59. The van der Waals surface area contributed by atoms with Gasteiger partial charge in [-0.25, -0.2) is 0 Å². The number of hydrogen-bond donors (Lipinski definition) is 1. The minimum Gasteiger partial charge on any atom is -0.381 e. The molecule has 80 valence electrons. The Hall–Kier alpha value is -1.53. The maximum Gasteiger partial charge on any atom is 0.146 e. The predicted octanol–water partition coefficient (Wildman–Crippen LogP) is 2.34. The van der Waals surface area contributed by atoms with Crippen molar-refractivity contribution in [2.24, 2.45) is 0 Å². The van der Waals surface area contributed by atoms with Crippen LogP contribution in [0.4, 0.5) is 5.69 Å². The number of anilines is 1. The molecule has 0 aliphatic carbocycles. The standard InChI is InChI=1S/C12H16N2O/c1-10-5-4-6-11(7-10)14-12(2,8-13)9-15-3/h4-7,14H,9H2,1-3H3. The van der Waals surface area contributed by atoms with Crippen LogP contribution in [0.1, 0.15) is 12.5 Å². The summed E-state index contributed by atoms with van der Waals surface area (Å²) < 4.78 is 5.02. The third kappa shape index (κ3) is 3.26. The lowest BCUT2D eigenvalue weighted by Gasteiger charge is -2.23. The van der Waals surface area contributed by atoms with Crippen LogP contribution in [-0.4, -0.2) is 19.3 Å². The van der Waals surface area contributed by atoms with Crippen LogP contribution < -0.4 is 5.32 Å². The second kappa shape index (κ2) is 4.81. The number of rotatable bonds is 4. The number of nitrogens with one attached hydrogen (secondary N) is 1. The van der Waals surface area contributed by atoms with Crippen molar-refractivity contribution in [3.05, 3.63) is 29.8 Å². The lowest BCUT2D eigenvalue weighted by atomic mass is 10.1. The highest BCUT2D eigenvalue weighted by atomic mass is 16.5. The van der Waals surface area contributed by atoms with Crippen molar-refractivity contribution in [1.82, 2.24) is 0 Å². The summed E-state index contributed by atoms with van der Waals surface area (Å²) in [5, 5.41) is 12.2. The smallest absolute Gasteiger partial charge is 0.146 e. The molecule has 0 radical (unpaired) electrons. The van der Waals surface area contributed by atoms with Crippen molar-refractivity contribution < 1.29 is 4.74 Å². The Kier molecular flexibility index (Phi) is 3.70. The summed E-state index contributed by atoms with van der Waals surface area (Å²) >= 11 is 0. The molecule has 1 aromatic rings. The van der Waals surface area contributed by atoms with Gasteiger partial charge in [0.2, 0.25) is 0 Å². The molecule has 1 N–H and O–H groups in total. The molecule has 3 nitrogen and oxygen atoms in total. The first-order valence-electron chi connectivity index (χ1n) is 4.85. The zero-order chi connectivity index (χ0) is 11.3. The molecule has 0 bridgehead atoms. The van der Waals surface area contributed by atoms with Crippen molar-refractivity contribution in [3.63, 3.8) is 0 Å². The first-order valence-corrected chi connectivity index (χ1v) is 4.85. The van der Waals surface area contributed by atoms with Gasteiger partial charge in [0.15, 0.2) is 0 Å². The minimum absolute atomic E-state index is 0.359. The second-order valence-electron chi connectivity index (χ2n) is 3.87. The summed E-state index contributed by atoms with van der Waals surface area (Å²) in [6.45, 7) is 4.20. The predicted molar refractivity (Wildman–Crippen MR) is 60.7 cm³/mol. The van der Waals surface area contributed by atoms with Crippen LogP contribution in [0.15, 0.2) is 24.3 Å². The van der Waals surface area contributed by atoms with Gasteiger partial charge in [-0.15, -0.1) is 0 Å². The Morgan fingerprint density at radius 1 is 1.53 bits per heavy atom. The minimum atomic E-state index is -0.678. The van der Waals surface area contributed by atoms with Gasteiger partial charge in [0.1, 0.15) is 5.54 Å². The van der Waals surface area contributed by atoms with Crippen molar-refractivity contribution in [1.29, 1.82) is 5.26 Å². The molecule has 1 unspecified atom stereocenters. The number of aryl methyl sites for hydroxylation is 1. The molecule has 0 heterocycles. The van der Waals surface area contributed by atoms with Crippen LogP contribution >= 0.6 is 0 Å². The molecule has 0 fully saturated rings. The van der Waals surface area contributed by atoms with E-state index in [2.05, 4.69) is 11.4 Å². The first-order chi connectivity index (χ1) is 7.09. The average molecular weight is 204 g/mol. The van der Waals surface area contributed by atoms with Crippen LogP contribution in [0, 0.1) is 18.3 Å². The summed E-state index contributed by atoms with van der Waals surface area (Å²) in [5.74, 6) is 0. The molecule has 1 aromatic carbocycles. The first kappa shape index (κ1) is 11.5. The van der Waals surface area contributed by atoms with Gasteiger partial charge >= 0.3 is 0 Å². The lowest BCUT2D eigenvalue weighted by molar-refractivity contribution is 0.171. The van der Waals surface area contributed by atoms with Gasteiger partial charge in [0.25, 0.3) is 0 Å². The number of ether oxygens (including phenoxy) is 1. The maximum atomic E-state index is 9.05. The van der Waals surface area contributed by atoms with E-state index in [1.165, 1.54) is 0 Å². The molecule has 0 aromatic heterocycles. The van der Waals surface area contributed by atoms with Gasteiger partial charge in [0, 0.05) is 12.8 Å². The molecule has 1 atom stereocenters. The highest BCUT2D eigenvalue weighted by Gasteiger charge is 2.23. The summed E-state index contributed by atoms with van der Waals surface area (Å²) in [6.07, 6.45) is 0. The van der Waals surface area contributed by atoms with Crippen molar-refractivity contribution in [2.45, 2.75) is 19.4 Å². The summed E-state index contributed by atoms with van der Waals surface area (Å²) in [5.41, 5.74) is 1.43. The van der Waals surface area contributed by atoms with Crippen LogP contribution in [0.25, 0.3) is 0 Å². The molecular weight excluding hydrogens is 188 g/mol. The largest absolute Gasteiger partial charge is 0.381 e. The fourth-order valence-electron chi connectivity index (χ4n) is 1.43. The molecular formula is C12H16N2O. The van der Waals surface area contributed by atoms with E-state index in [0.29, 0.717) is 6.61 Å². The quantitative estimate of drug-likeness (QED) is 0.818. The number of hydrogen-bond acceptors (Lipinski definition) is 3. The molecule has 0 amide bonds. The number of methoxy groups -OCH3 is 1. The van der Waals surface area contributed by atoms with Crippen LogP contribution in [0.5, 0.6) is 0 Å². The maximum absolute atomic E-state index is 9.05. The van der Waals surface area contributed by atoms with E-state index in [9.17, 15) is 0 Å². The van der Waals surface area contributed by atoms with Gasteiger partial charge < -0.3 is 10.1 Å². The normalized spacial score (nSPS) is 14.0. The Balaban J connectivity index is 2.80. The Morgan fingerprint density at radius 3 is 2.80 bits per heavy atom. The fourth-order valence-corrected chi connectivity index (χ4v) is 1.43. The molecule has 0 saturated heterocycles. The molecule has 1 rings (SSSR count). The van der Waals surface area contributed by atoms with E-state index in [-0.39, 0.29) is 0 Å². The average Bonchev–Trinajstić information content (AvgIpc) is 2.18. The number of benzene rings is 1. The molecule has 0 aliphatic rings. The second-order valence-corrected chi connectivity index (χ2v) is 3.87. The van der Waals surface area contributed by atoms with E-state index in [1.807, 2.05) is 38.1 Å². The Morgan fingerprint density at radius 2 is 2.27 bits per heavy atom. The van der Waals surface area contributed by atoms with Crippen LogP contribution in [-0.2, 0) is 4.74 Å². The monoisotopic (exact) mass is 204 g/mol. The zero-order valence-corrected chi connectivity index (χ0v) is 9.37. The Bertz CT molecular complexity index is 370. The van der Waals surface area contributed by atoms with E-state index in [0.717, 1.165) is 11.3 Å². The molecule has 0 saturated carbocycles. The number of nitrogens with zero attached hydrogens (tertiary/aromatic N) is 1. The van der Waals surface area contributed by atoms with Gasteiger partial charge in [-0.05, 0) is 31.5 Å². The van der Waals surface area contributed by atoms with Crippen molar-refractivity contribution in [2.75, 3.05) is 19.0 Å². The van der Waals surface area contributed by atoms with Gasteiger partial charge in [-0.3, -0.25) is 0 Å². The summed E-state index contributed by atoms with van der Waals surface area (Å²) in [6, 6.07) is 10.1.